The molecular formula is C16H27NO4. The van der Waals surface area contributed by atoms with Crippen LogP contribution in [-0.2, 0) is 14.3 Å². The van der Waals surface area contributed by atoms with Crippen LogP contribution in [0.1, 0.15) is 58.3 Å². The predicted molar refractivity (Wildman–Crippen MR) is 78.9 cm³/mol. The highest BCUT2D eigenvalue weighted by Crippen LogP contribution is 2.43. The minimum atomic E-state index is -0.901. The lowest BCUT2D eigenvalue weighted by Crippen LogP contribution is -2.44. The molecule has 21 heavy (non-hydrogen) atoms. The molecule has 0 saturated carbocycles. The van der Waals surface area contributed by atoms with Crippen LogP contribution in [0.2, 0.25) is 0 Å². The molecule has 5 heteroatoms. The van der Waals surface area contributed by atoms with Crippen LogP contribution in [0.5, 0.6) is 0 Å². The van der Waals surface area contributed by atoms with E-state index in [4.69, 9.17) is 4.74 Å². The van der Waals surface area contributed by atoms with Gasteiger partial charge in [-0.05, 0) is 19.3 Å². The molecule has 2 heterocycles. The van der Waals surface area contributed by atoms with Crippen molar-refractivity contribution < 1.29 is 19.4 Å². The Morgan fingerprint density at radius 2 is 1.67 bits per heavy atom. The fraction of sp³-hybridized carbons (Fsp3) is 0.875. The number of carboxylic acids is 1. The van der Waals surface area contributed by atoms with E-state index in [1.165, 1.54) is 25.7 Å². The molecule has 120 valence electrons. The van der Waals surface area contributed by atoms with Gasteiger partial charge in [0.05, 0.1) is 24.0 Å². The van der Waals surface area contributed by atoms with Gasteiger partial charge >= 0.3 is 5.97 Å². The van der Waals surface area contributed by atoms with Gasteiger partial charge in [0.15, 0.2) is 0 Å². The Balaban J connectivity index is 1.69. The van der Waals surface area contributed by atoms with Gasteiger partial charge in [0.1, 0.15) is 0 Å². The standard InChI is InChI=1S/C16H27NO4/c1-2-3-4-5-6-7-10-17-15(18)13-11-8-9-12(21-11)14(13)16(19)20/h11-14H,2-10H2,1H3,(H,17,18)(H,19,20)/t11-,12+,13?,14?/m0/s1. The van der Waals surface area contributed by atoms with Crippen molar-refractivity contribution in [1.29, 1.82) is 0 Å². The maximum Gasteiger partial charge on any atom is 0.310 e. The smallest absolute Gasteiger partial charge is 0.310 e. The minimum absolute atomic E-state index is 0.136. The molecule has 2 aliphatic heterocycles. The summed E-state index contributed by atoms with van der Waals surface area (Å²) in [6.45, 7) is 2.83. The Morgan fingerprint density at radius 3 is 2.33 bits per heavy atom. The number of unbranched alkanes of at least 4 members (excludes halogenated alkanes) is 5. The van der Waals surface area contributed by atoms with Gasteiger partial charge < -0.3 is 15.2 Å². The number of aliphatic carboxylic acids is 1. The van der Waals surface area contributed by atoms with Crippen molar-refractivity contribution in [2.45, 2.75) is 70.5 Å². The molecule has 2 N–H and O–H groups in total. The topological polar surface area (TPSA) is 75.6 Å². The quantitative estimate of drug-likeness (QED) is 0.641. The van der Waals surface area contributed by atoms with E-state index in [2.05, 4.69) is 12.2 Å². The zero-order chi connectivity index (χ0) is 15.2. The first-order valence-corrected chi connectivity index (χ1v) is 8.31. The van der Waals surface area contributed by atoms with Crippen LogP contribution in [0.3, 0.4) is 0 Å². The third-order valence-electron chi connectivity index (χ3n) is 4.69. The summed E-state index contributed by atoms with van der Waals surface area (Å²) < 4.78 is 5.61. The number of nitrogens with one attached hydrogen (secondary N) is 1. The molecule has 2 bridgehead atoms. The maximum absolute atomic E-state index is 12.2. The Bertz CT molecular complexity index is 371. The summed E-state index contributed by atoms with van der Waals surface area (Å²) >= 11 is 0. The number of carbonyl (C=O) groups is 2. The molecule has 2 rings (SSSR count). The summed E-state index contributed by atoms with van der Waals surface area (Å²) in [6.07, 6.45) is 8.17. The van der Waals surface area contributed by atoms with Crippen molar-refractivity contribution in [3.8, 4) is 0 Å². The highest BCUT2D eigenvalue weighted by atomic mass is 16.5. The van der Waals surface area contributed by atoms with Crippen molar-refractivity contribution >= 4 is 11.9 Å². The zero-order valence-electron chi connectivity index (χ0n) is 12.8. The van der Waals surface area contributed by atoms with Crippen LogP contribution in [-0.4, -0.2) is 35.7 Å². The van der Waals surface area contributed by atoms with Crippen LogP contribution < -0.4 is 5.32 Å². The molecule has 0 aromatic heterocycles. The first-order chi connectivity index (χ1) is 10.1. The van der Waals surface area contributed by atoms with Crippen LogP contribution in [0.15, 0.2) is 0 Å². The number of hydrogen-bond acceptors (Lipinski definition) is 3. The Kier molecular flexibility index (Phi) is 6.03. The molecule has 0 aromatic carbocycles. The highest BCUT2D eigenvalue weighted by molar-refractivity contribution is 5.86. The number of hydrogen-bond donors (Lipinski definition) is 2. The lowest BCUT2D eigenvalue weighted by Gasteiger charge is -2.23. The van der Waals surface area contributed by atoms with E-state index in [1.807, 2.05) is 0 Å². The normalized spacial score (nSPS) is 30.5. The largest absolute Gasteiger partial charge is 0.481 e. The van der Waals surface area contributed by atoms with E-state index < -0.39 is 17.8 Å². The molecule has 0 aromatic rings. The summed E-state index contributed by atoms with van der Waals surface area (Å²) in [4.78, 5) is 23.6. The summed E-state index contributed by atoms with van der Waals surface area (Å²) in [5.74, 6) is -2.19. The van der Waals surface area contributed by atoms with Gasteiger partial charge in [-0.2, -0.15) is 0 Å². The number of fused-ring (bicyclic) bond motifs is 2. The van der Waals surface area contributed by atoms with Crippen LogP contribution in [0, 0.1) is 11.8 Å². The summed E-state index contributed by atoms with van der Waals surface area (Å²) in [5.41, 5.74) is 0. The van der Waals surface area contributed by atoms with Crippen molar-refractivity contribution in [2.24, 2.45) is 11.8 Å². The Hall–Kier alpha value is -1.10. The fourth-order valence-electron chi connectivity index (χ4n) is 3.56. The van der Waals surface area contributed by atoms with E-state index >= 15 is 0 Å². The molecule has 0 spiro atoms. The number of amides is 1. The average molecular weight is 297 g/mol. The van der Waals surface area contributed by atoms with Crippen LogP contribution in [0.4, 0.5) is 0 Å². The lowest BCUT2D eigenvalue weighted by atomic mass is 9.78. The van der Waals surface area contributed by atoms with Crippen molar-refractivity contribution in [2.75, 3.05) is 6.54 Å². The van der Waals surface area contributed by atoms with E-state index in [-0.39, 0.29) is 18.1 Å². The predicted octanol–water partition coefficient (Wildman–Crippen LogP) is 2.34. The van der Waals surface area contributed by atoms with E-state index in [9.17, 15) is 14.7 Å². The molecule has 2 fully saturated rings. The van der Waals surface area contributed by atoms with Gasteiger partial charge in [-0.15, -0.1) is 0 Å². The van der Waals surface area contributed by atoms with Crippen LogP contribution >= 0.6 is 0 Å². The third kappa shape index (κ3) is 3.96. The van der Waals surface area contributed by atoms with Gasteiger partial charge in [-0.1, -0.05) is 39.0 Å². The monoisotopic (exact) mass is 297 g/mol. The van der Waals surface area contributed by atoms with Gasteiger partial charge in [-0.3, -0.25) is 9.59 Å². The molecule has 2 aliphatic rings. The van der Waals surface area contributed by atoms with E-state index in [0.717, 1.165) is 25.7 Å². The Morgan fingerprint density at radius 1 is 1.05 bits per heavy atom. The molecule has 4 atom stereocenters. The van der Waals surface area contributed by atoms with Crippen molar-refractivity contribution in [3.05, 3.63) is 0 Å². The molecule has 2 unspecified atom stereocenters. The summed E-state index contributed by atoms with van der Waals surface area (Å²) in [6, 6.07) is 0. The first kappa shape index (κ1) is 16.3. The fourth-order valence-corrected chi connectivity index (χ4v) is 3.56. The lowest BCUT2D eigenvalue weighted by molar-refractivity contribution is -0.147. The van der Waals surface area contributed by atoms with E-state index in [0.29, 0.717) is 6.54 Å². The summed E-state index contributed by atoms with van der Waals surface area (Å²) in [7, 11) is 0. The molecule has 0 aliphatic carbocycles. The molecule has 2 saturated heterocycles. The van der Waals surface area contributed by atoms with E-state index in [1.54, 1.807) is 0 Å². The number of carbonyl (C=O) groups excluding carboxylic acids is 1. The van der Waals surface area contributed by atoms with Crippen molar-refractivity contribution in [1.82, 2.24) is 5.32 Å². The number of rotatable bonds is 9. The number of ether oxygens (including phenoxy) is 1. The van der Waals surface area contributed by atoms with Gasteiger partial charge in [-0.25, -0.2) is 0 Å². The average Bonchev–Trinajstić information content (AvgIpc) is 3.06. The second-order valence-corrected chi connectivity index (χ2v) is 6.24. The summed E-state index contributed by atoms with van der Waals surface area (Å²) in [5, 5.41) is 12.2. The highest BCUT2D eigenvalue weighted by Gasteiger charge is 2.55. The second-order valence-electron chi connectivity index (χ2n) is 6.24. The van der Waals surface area contributed by atoms with Crippen molar-refractivity contribution in [3.63, 3.8) is 0 Å². The first-order valence-electron chi connectivity index (χ1n) is 8.31. The zero-order valence-corrected chi connectivity index (χ0v) is 12.8. The van der Waals surface area contributed by atoms with Gasteiger partial charge in [0.2, 0.25) is 5.91 Å². The van der Waals surface area contributed by atoms with Gasteiger partial charge in [0, 0.05) is 6.54 Å². The SMILES string of the molecule is CCCCCCCCNC(=O)C1C(C(=O)O)[C@H]2CC[C@@H]1O2. The van der Waals surface area contributed by atoms with Gasteiger partial charge in [0.25, 0.3) is 0 Å². The second kappa shape index (κ2) is 7.78. The molecule has 0 radical (unpaired) electrons. The number of carboxylic acid groups (broad SMARTS) is 1. The van der Waals surface area contributed by atoms with Crippen LogP contribution in [0.25, 0.3) is 0 Å². The minimum Gasteiger partial charge on any atom is -0.481 e. The molecular weight excluding hydrogens is 270 g/mol. The third-order valence-corrected chi connectivity index (χ3v) is 4.69. The Labute approximate surface area is 126 Å². The molecule has 5 nitrogen and oxygen atoms in total. The maximum atomic E-state index is 12.2. The molecule has 1 amide bonds.